The summed E-state index contributed by atoms with van der Waals surface area (Å²) in [6.07, 6.45) is 2.26. The number of likely N-dealkylation sites (tertiary alicyclic amines) is 1. The standard InChI is InChI=1S/C16H18FN3OS2/c1-11-4-3-7-20(9-11)14(21)10-22-16-15(18-23-19-16)12-5-2-6-13(17)8-12/h2,5-6,8,11H,3-4,7,9-10H2,1H3. The Morgan fingerprint density at radius 1 is 1.48 bits per heavy atom. The smallest absolute Gasteiger partial charge is 0.233 e. The Morgan fingerprint density at radius 2 is 2.35 bits per heavy atom. The predicted octanol–water partition coefficient (Wildman–Crippen LogP) is 3.69. The number of aromatic nitrogens is 2. The number of thioether (sulfide) groups is 1. The van der Waals surface area contributed by atoms with E-state index in [1.54, 1.807) is 12.1 Å². The first kappa shape index (κ1) is 16.4. The molecule has 1 fully saturated rings. The van der Waals surface area contributed by atoms with Gasteiger partial charge in [-0.25, -0.2) is 4.39 Å². The van der Waals surface area contributed by atoms with Crippen molar-refractivity contribution in [2.45, 2.75) is 24.8 Å². The lowest BCUT2D eigenvalue weighted by Crippen LogP contribution is -2.40. The highest BCUT2D eigenvalue weighted by molar-refractivity contribution is 8.00. The van der Waals surface area contributed by atoms with E-state index in [4.69, 9.17) is 0 Å². The largest absolute Gasteiger partial charge is 0.342 e. The molecule has 122 valence electrons. The van der Waals surface area contributed by atoms with Gasteiger partial charge in [-0.3, -0.25) is 4.79 Å². The third-order valence-electron chi connectivity index (χ3n) is 3.90. The van der Waals surface area contributed by atoms with E-state index in [0.29, 0.717) is 28.0 Å². The van der Waals surface area contributed by atoms with Crippen molar-refractivity contribution < 1.29 is 9.18 Å². The average molecular weight is 351 g/mol. The zero-order chi connectivity index (χ0) is 16.2. The normalized spacial score (nSPS) is 18.2. The molecule has 1 saturated heterocycles. The molecule has 1 aromatic heterocycles. The number of rotatable bonds is 4. The molecule has 1 aliphatic rings. The van der Waals surface area contributed by atoms with Gasteiger partial charge in [0.15, 0.2) is 0 Å². The second-order valence-corrected chi connectivity index (χ2v) is 7.30. The number of benzene rings is 1. The van der Waals surface area contributed by atoms with Crippen LogP contribution in [-0.4, -0.2) is 38.4 Å². The van der Waals surface area contributed by atoms with Gasteiger partial charge in [-0.05, 0) is 30.9 Å². The summed E-state index contributed by atoms with van der Waals surface area (Å²) in [5, 5.41) is 0.694. The summed E-state index contributed by atoms with van der Waals surface area (Å²) in [7, 11) is 0. The van der Waals surface area contributed by atoms with E-state index in [-0.39, 0.29) is 11.7 Å². The molecule has 23 heavy (non-hydrogen) atoms. The van der Waals surface area contributed by atoms with Gasteiger partial charge in [0.05, 0.1) is 17.5 Å². The van der Waals surface area contributed by atoms with E-state index in [1.165, 1.54) is 30.3 Å². The van der Waals surface area contributed by atoms with Crippen molar-refractivity contribution in [3.8, 4) is 11.3 Å². The zero-order valence-corrected chi connectivity index (χ0v) is 14.5. The molecule has 1 atom stereocenters. The summed E-state index contributed by atoms with van der Waals surface area (Å²) in [5.41, 5.74) is 1.35. The van der Waals surface area contributed by atoms with Crippen LogP contribution in [0.25, 0.3) is 11.3 Å². The number of carbonyl (C=O) groups is 1. The van der Waals surface area contributed by atoms with Crippen LogP contribution in [0, 0.1) is 11.7 Å². The predicted molar refractivity (Wildman–Crippen MR) is 91.0 cm³/mol. The van der Waals surface area contributed by atoms with Crippen LogP contribution in [0.4, 0.5) is 4.39 Å². The number of amides is 1. The maximum atomic E-state index is 13.4. The maximum absolute atomic E-state index is 13.4. The average Bonchev–Trinajstić information content (AvgIpc) is 3.01. The topological polar surface area (TPSA) is 46.1 Å². The van der Waals surface area contributed by atoms with Gasteiger partial charge in [0.1, 0.15) is 16.5 Å². The van der Waals surface area contributed by atoms with Gasteiger partial charge in [0.25, 0.3) is 0 Å². The lowest BCUT2D eigenvalue weighted by Gasteiger charge is -2.30. The Balaban J connectivity index is 1.65. The monoisotopic (exact) mass is 351 g/mol. The molecule has 0 bridgehead atoms. The van der Waals surface area contributed by atoms with Crippen LogP contribution in [0.15, 0.2) is 29.3 Å². The number of halogens is 1. The third-order valence-corrected chi connectivity index (χ3v) is 5.49. The lowest BCUT2D eigenvalue weighted by atomic mass is 10.0. The van der Waals surface area contributed by atoms with Crippen molar-refractivity contribution in [3.63, 3.8) is 0 Å². The van der Waals surface area contributed by atoms with Gasteiger partial charge < -0.3 is 4.90 Å². The molecule has 2 heterocycles. The first-order valence-corrected chi connectivity index (χ1v) is 9.34. The molecule has 0 aliphatic carbocycles. The van der Waals surface area contributed by atoms with Gasteiger partial charge in [-0.1, -0.05) is 30.8 Å². The second-order valence-electron chi connectivity index (χ2n) is 5.80. The fourth-order valence-electron chi connectivity index (χ4n) is 2.72. The summed E-state index contributed by atoms with van der Waals surface area (Å²) in [6, 6.07) is 6.29. The molecular formula is C16H18FN3OS2. The zero-order valence-electron chi connectivity index (χ0n) is 12.9. The molecule has 0 radical (unpaired) electrons. The third kappa shape index (κ3) is 4.09. The second kappa shape index (κ2) is 7.40. The van der Waals surface area contributed by atoms with Gasteiger partial charge in [-0.15, -0.1) is 0 Å². The minimum Gasteiger partial charge on any atom is -0.342 e. The van der Waals surface area contributed by atoms with Crippen molar-refractivity contribution >= 4 is 29.4 Å². The van der Waals surface area contributed by atoms with E-state index in [1.807, 2.05) is 4.90 Å². The summed E-state index contributed by atoms with van der Waals surface area (Å²) in [6.45, 7) is 3.86. The Kier molecular flexibility index (Phi) is 5.27. The highest BCUT2D eigenvalue weighted by Gasteiger charge is 2.22. The summed E-state index contributed by atoms with van der Waals surface area (Å²) < 4.78 is 21.9. The Labute approximate surface area is 143 Å². The first-order valence-electron chi connectivity index (χ1n) is 7.62. The number of nitrogens with zero attached hydrogens (tertiary/aromatic N) is 3. The molecule has 1 amide bonds. The van der Waals surface area contributed by atoms with Crippen LogP contribution in [0.2, 0.25) is 0 Å². The van der Waals surface area contributed by atoms with Crippen molar-refractivity contribution in [3.05, 3.63) is 30.1 Å². The van der Waals surface area contributed by atoms with Crippen LogP contribution < -0.4 is 0 Å². The number of hydrogen-bond donors (Lipinski definition) is 0. The molecule has 1 unspecified atom stereocenters. The van der Waals surface area contributed by atoms with Crippen LogP contribution in [-0.2, 0) is 4.79 Å². The van der Waals surface area contributed by atoms with Gasteiger partial charge in [0, 0.05) is 18.7 Å². The summed E-state index contributed by atoms with van der Waals surface area (Å²) in [4.78, 5) is 14.3. The molecule has 0 saturated carbocycles. The van der Waals surface area contributed by atoms with E-state index < -0.39 is 0 Å². The molecule has 4 nitrogen and oxygen atoms in total. The van der Waals surface area contributed by atoms with Crippen LogP contribution >= 0.6 is 23.5 Å². The molecule has 1 aromatic carbocycles. The van der Waals surface area contributed by atoms with Crippen molar-refractivity contribution in [1.82, 2.24) is 13.6 Å². The van der Waals surface area contributed by atoms with Crippen LogP contribution in [0.1, 0.15) is 19.8 Å². The fraction of sp³-hybridized carbons (Fsp3) is 0.438. The van der Waals surface area contributed by atoms with Gasteiger partial charge >= 0.3 is 0 Å². The summed E-state index contributed by atoms with van der Waals surface area (Å²) >= 11 is 2.47. The lowest BCUT2D eigenvalue weighted by molar-refractivity contribution is -0.130. The Bertz CT molecular complexity index is 691. The molecule has 7 heteroatoms. The van der Waals surface area contributed by atoms with Crippen molar-refractivity contribution in [2.75, 3.05) is 18.8 Å². The number of carbonyl (C=O) groups excluding carboxylic acids is 1. The quantitative estimate of drug-likeness (QED) is 0.788. The van der Waals surface area contributed by atoms with Gasteiger partial charge in [0.2, 0.25) is 5.91 Å². The number of hydrogen-bond acceptors (Lipinski definition) is 5. The SMILES string of the molecule is CC1CCCN(C(=O)CSc2nsnc2-c2cccc(F)c2)C1. The van der Waals surface area contributed by atoms with Gasteiger partial charge in [-0.2, -0.15) is 8.75 Å². The molecule has 2 aromatic rings. The molecule has 3 rings (SSSR count). The van der Waals surface area contributed by atoms with Crippen molar-refractivity contribution in [2.24, 2.45) is 5.92 Å². The minimum atomic E-state index is -0.301. The van der Waals surface area contributed by atoms with E-state index >= 15 is 0 Å². The molecule has 1 aliphatic heterocycles. The van der Waals surface area contributed by atoms with E-state index in [2.05, 4.69) is 15.7 Å². The van der Waals surface area contributed by atoms with Crippen LogP contribution in [0.5, 0.6) is 0 Å². The van der Waals surface area contributed by atoms with Crippen LogP contribution in [0.3, 0.4) is 0 Å². The van der Waals surface area contributed by atoms with E-state index in [0.717, 1.165) is 31.2 Å². The number of piperidine rings is 1. The first-order chi connectivity index (χ1) is 11.1. The minimum absolute atomic E-state index is 0.139. The molecule has 0 N–H and O–H groups in total. The maximum Gasteiger partial charge on any atom is 0.233 e. The summed E-state index contributed by atoms with van der Waals surface area (Å²) in [5.74, 6) is 0.756. The highest BCUT2D eigenvalue weighted by atomic mass is 32.2. The Morgan fingerprint density at radius 3 is 3.13 bits per heavy atom. The molecular weight excluding hydrogens is 333 g/mol. The van der Waals surface area contributed by atoms with E-state index in [9.17, 15) is 9.18 Å². The molecule has 0 spiro atoms. The highest BCUT2D eigenvalue weighted by Crippen LogP contribution is 2.30. The Hall–Kier alpha value is -1.47. The van der Waals surface area contributed by atoms with Crippen molar-refractivity contribution in [1.29, 1.82) is 0 Å². The fourth-order valence-corrected chi connectivity index (χ4v) is 4.31.